The van der Waals surface area contributed by atoms with E-state index in [1.54, 1.807) is 0 Å². The molecule has 1 fully saturated rings. The minimum atomic E-state index is -0.278. The number of amides is 1. The molecule has 0 aromatic heterocycles. The summed E-state index contributed by atoms with van der Waals surface area (Å²) in [6.45, 7) is 4.29. The lowest BCUT2D eigenvalue weighted by Gasteiger charge is -2.22. The minimum absolute atomic E-state index is 0.0327. The molecule has 104 valence electrons. The molecule has 0 heterocycles. The molecule has 3 nitrogen and oxygen atoms in total. The van der Waals surface area contributed by atoms with E-state index < -0.39 is 0 Å². The van der Waals surface area contributed by atoms with E-state index in [1.807, 2.05) is 18.2 Å². The van der Waals surface area contributed by atoms with E-state index in [9.17, 15) is 4.79 Å². The first kappa shape index (κ1) is 14.1. The number of rotatable bonds is 4. The van der Waals surface area contributed by atoms with Gasteiger partial charge in [0.2, 0.25) is 5.91 Å². The fourth-order valence-corrected chi connectivity index (χ4v) is 2.76. The second kappa shape index (κ2) is 5.74. The second-order valence-electron chi connectivity index (χ2n) is 6.07. The number of nitrogens with one attached hydrogen (secondary N) is 1. The van der Waals surface area contributed by atoms with Crippen LogP contribution >= 0.6 is 0 Å². The molecule has 19 heavy (non-hydrogen) atoms. The van der Waals surface area contributed by atoms with Crippen LogP contribution in [0, 0.1) is 0 Å². The Hall–Kier alpha value is -1.35. The first-order valence-electron chi connectivity index (χ1n) is 7.17. The van der Waals surface area contributed by atoms with Gasteiger partial charge >= 0.3 is 0 Å². The van der Waals surface area contributed by atoms with Crippen LogP contribution in [0.3, 0.4) is 0 Å². The van der Waals surface area contributed by atoms with Crippen LogP contribution in [0.15, 0.2) is 24.3 Å². The van der Waals surface area contributed by atoms with Crippen molar-refractivity contribution in [2.75, 3.05) is 5.32 Å². The van der Waals surface area contributed by atoms with Gasteiger partial charge in [0.15, 0.2) is 0 Å². The molecule has 1 aliphatic carbocycles. The molecule has 1 amide bonds. The molecule has 3 N–H and O–H groups in total. The summed E-state index contributed by atoms with van der Waals surface area (Å²) >= 11 is 0. The number of hydrogen-bond donors (Lipinski definition) is 2. The summed E-state index contributed by atoms with van der Waals surface area (Å²) in [6, 6.07) is 8.04. The maximum atomic E-state index is 12.1. The first-order valence-corrected chi connectivity index (χ1v) is 7.17. The monoisotopic (exact) mass is 260 g/mol. The summed E-state index contributed by atoms with van der Waals surface area (Å²) in [6.07, 6.45) is 4.65. The highest BCUT2D eigenvalue weighted by atomic mass is 16.1. The average Bonchev–Trinajstić information content (AvgIpc) is 2.75. The number of anilines is 1. The number of benzene rings is 1. The smallest absolute Gasteiger partial charge is 0.226 e. The lowest BCUT2D eigenvalue weighted by Crippen LogP contribution is -2.40. The third kappa shape index (κ3) is 3.80. The van der Waals surface area contributed by atoms with E-state index in [4.69, 9.17) is 5.73 Å². The lowest BCUT2D eigenvalue weighted by atomic mass is 9.94. The predicted molar refractivity (Wildman–Crippen MR) is 79.2 cm³/mol. The van der Waals surface area contributed by atoms with Crippen LogP contribution in [0.25, 0.3) is 0 Å². The predicted octanol–water partition coefficient (Wildman–Crippen LogP) is 3.41. The maximum absolute atomic E-state index is 12.1. The van der Waals surface area contributed by atoms with Crippen molar-refractivity contribution < 1.29 is 4.79 Å². The fraction of sp³-hybridized carbons (Fsp3) is 0.562. The van der Waals surface area contributed by atoms with E-state index in [2.05, 4.69) is 25.2 Å². The van der Waals surface area contributed by atoms with Crippen molar-refractivity contribution in [3.63, 3.8) is 0 Å². The third-order valence-electron chi connectivity index (χ3n) is 3.95. The second-order valence-corrected chi connectivity index (χ2v) is 6.07. The molecule has 0 atom stereocenters. The zero-order valence-corrected chi connectivity index (χ0v) is 11.9. The highest BCUT2D eigenvalue weighted by Crippen LogP contribution is 2.30. The molecular weight excluding hydrogens is 236 g/mol. The number of nitrogens with two attached hydrogens (primary N) is 1. The molecule has 0 aliphatic heterocycles. The largest absolute Gasteiger partial charge is 0.326 e. The van der Waals surface area contributed by atoms with Crippen molar-refractivity contribution in [1.29, 1.82) is 0 Å². The molecule has 0 unspecified atom stereocenters. The van der Waals surface area contributed by atoms with Crippen LogP contribution in [-0.2, 0) is 4.79 Å². The van der Waals surface area contributed by atoms with Crippen molar-refractivity contribution in [2.24, 2.45) is 5.73 Å². The number of hydrogen-bond acceptors (Lipinski definition) is 2. The van der Waals surface area contributed by atoms with E-state index in [0.717, 1.165) is 31.4 Å². The molecule has 1 aliphatic rings. The zero-order chi connectivity index (χ0) is 13.9. The van der Waals surface area contributed by atoms with Crippen molar-refractivity contribution >= 4 is 11.6 Å². The van der Waals surface area contributed by atoms with E-state index in [1.165, 1.54) is 5.56 Å². The van der Waals surface area contributed by atoms with Crippen LogP contribution in [0.1, 0.15) is 57.4 Å². The van der Waals surface area contributed by atoms with Crippen molar-refractivity contribution in [2.45, 2.75) is 57.4 Å². The normalized spacial score (nSPS) is 17.7. The molecule has 0 spiro atoms. The van der Waals surface area contributed by atoms with Gasteiger partial charge in [0.25, 0.3) is 0 Å². The van der Waals surface area contributed by atoms with Gasteiger partial charge in [-0.05, 0) is 36.5 Å². The fourth-order valence-electron chi connectivity index (χ4n) is 2.76. The minimum Gasteiger partial charge on any atom is -0.326 e. The Morgan fingerprint density at radius 2 is 2.05 bits per heavy atom. The van der Waals surface area contributed by atoms with Crippen molar-refractivity contribution in [1.82, 2.24) is 0 Å². The van der Waals surface area contributed by atoms with Crippen LogP contribution in [-0.4, -0.2) is 11.4 Å². The summed E-state index contributed by atoms with van der Waals surface area (Å²) in [5, 5.41) is 2.97. The number of carbonyl (C=O) groups is 1. The van der Waals surface area contributed by atoms with Gasteiger partial charge in [-0.2, -0.15) is 0 Å². The van der Waals surface area contributed by atoms with Gasteiger partial charge in [-0.1, -0.05) is 38.8 Å². The van der Waals surface area contributed by atoms with Gasteiger partial charge in [-0.25, -0.2) is 0 Å². The van der Waals surface area contributed by atoms with Crippen molar-refractivity contribution in [3.8, 4) is 0 Å². The third-order valence-corrected chi connectivity index (χ3v) is 3.95. The molecule has 2 rings (SSSR count). The van der Waals surface area contributed by atoms with Gasteiger partial charge in [0.1, 0.15) is 0 Å². The summed E-state index contributed by atoms with van der Waals surface area (Å²) < 4.78 is 0. The Labute approximate surface area is 115 Å². The summed E-state index contributed by atoms with van der Waals surface area (Å²) in [4.78, 5) is 12.1. The first-order chi connectivity index (χ1) is 8.98. The molecule has 0 saturated heterocycles. The summed E-state index contributed by atoms with van der Waals surface area (Å²) in [5.41, 5.74) is 8.06. The van der Waals surface area contributed by atoms with Gasteiger partial charge in [0, 0.05) is 17.6 Å². The van der Waals surface area contributed by atoms with Gasteiger partial charge in [-0.15, -0.1) is 0 Å². The van der Waals surface area contributed by atoms with Gasteiger partial charge < -0.3 is 11.1 Å². The van der Waals surface area contributed by atoms with Crippen molar-refractivity contribution in [3.05, 3.63) is 29.8 Å². The molecule has 3 heteroatoms. The molecular formula is C16H24N2O. The highest BCUT2D eigenvalue weighted by molar-refractivity contribution is 5.91. The molecule has 1 aromatic rings. The Bertz CT molecular complexity index is 448. The zero-order valence-electron chi connectivity index (χ0n) is 11.9. The molecule has 1 saturated carbocycles. The summed E-state index contributed by atoms with van der Waals surface area (Å²) in [5.74, 6) is 0.498. The quantitative estimate of drug-likeness (QED) is 0.871. The van der Waals surface area contributed by atoms with Gasteiger partial charge in [-0.3, -0.25) is 4.79 Å². The van der Waals surface area contributed by atoms with E-state index in [-0.39, 0.29) is 11.4 Å². The Morgan fingerprint density at radius 3 is 2.68 bits per heavy atom. The lowest BCUT2D eigenvalue weighted by molar-refractivity contribution is -0.117. The van der Waals surface area contributed by atoms with Crippen LogP contribution in [0.5, 0.6) is 0 Å². The molecule has 0 radical (unpaired) electrons. The topological polar surface area (TPSA) is 55.1 Å². The molecule has 0 bridgehead atoms. The standard InChI is InChI=1S/C16H24N2O/c1-12(2)13-6-5-7-14(10-13)18-15(19)11-16(17)8-3-4-9-16/h5-7,10,12H,3-4,8-9,11,17H2,1-2H3,(H,18,19). The van der Waals surface area contributed by atoms with Crippen LogP contribution < -0.4 is 11.1 Å². The van der Waals surface area contributed by atoms with E-state index >= 15 is 0 Å². The van der Waals surface area contributed by atoms with Crippen LogP contribution in [0.4, 0.5) is 5.69 Å². The highest BCUT2D eigenvalue weighted by Gasteiger charge is 2.31. The van der Waals surface area contributed by atoms with Crippen LogP contribution in [0.2, 0.25) is 0 Å². The van der Waals surface area contributed by atoms with E-state index in [0.29, 0.717) is 12.3 Å². The van der Waals surface area contributed by atoms with Gasteiger partial charge in [0.05, 0.1) is 0 Å². The maximum Gasteiger partial charge on any atom is 0.226 e. The molecule has 1 aromatic carbocycles. The Morgan fingerprint density at radius 1 is 1.37 bits per heavy atom. The number of carbonyl (C=O) groups excluding carboxylic acids is 1. The summed E-state index contributed by atoms with van der Waals surface area (Å²) in [7, 11) is 0. The Kier molecular flexibility index (Phi) is 4.25. The Balaban J connectivity index is 1.97. The average molecular weight is 260 g/mol. The SMILES string of the molecule is CC(C)c1cccc(NC(=O)CC2(N)CCCC2)c1.